The summed E-state index contributed by atoms with van der Waals surface area (Å²) in [5.41, 5.74) is 5.50. The molecule has 8 heteroatoms. The zero-order valence-corrected chi connectivity index (χ0v) is 15.0. The minimum atomic E-state index is -3.86. The molecule has 2 N–H and O–H groups in total. The summed E-state index contributed by atoms with van der Waals surface area (Å²) in [4.78, 5) is 11.9. The second-order valence-corrected chi connectivity index (χ2v) is 8.65. The second-order valence-electron chi connectivity index (χ2n) is 6.40. The van der Waals surface area contributed by atoms with Gasteiger partial charge in [0.15, 0.2) is 0 Å². The predicted octanol–water partition coefficient (Wildman–Crippen LogP) is 2.16. The first-order valence-electron chi connectivity index (χ1n) is 8.02. The summed E-state index contributed by atoms with van der Waals surface area (Å²) in [6.45, 7) is 0. The smallest absolute Gasteiger partial charge is 0.244 e. The van der Waals surface area contributed by atoms with Gasteiger partial charge in [-0.2, -0.15) is 4.31 Å². The molecular formula is C16H21ClN2O4S. The van der Waals surface area contributed by atoms with Crippen molar-refractivity contribution in [1.29, 1.82) is 0 Å². The van der Waals surface area contributed by atoms with Crippen molar-refractivity contribution in [3.8, 4) is 5.75 Å². The maximum atomic E-state index is 13.2. The predicted molar refractivity (Wildman–Crippen MR) is 90.4 cm³/mol. The summed E-state index contributed by atoms with van der Waals surface area (Å²) >= 11 is 6.08. The zero-order chi connectivity index (χ0) is 17.5. The van der Waals surface area contributed by atoms with Gasteiger partial charge in [0.2, 0.25) is 15.9 Å². The van der Waals surface area contributed by atoms with E-state index in [1.54, 1.807) is 0 Å². The Kier molecular flexibility index (Phi) is 4.77. The molecule has 2 fully saturated rings. The molecule has 3 rings (SSSR count). The zero-order valence-electron chi connectivity index (χ0n) is 13.4. The van der Waals surface area contributed by atoms with Gasteiger partial charge in [-0.3, -0.25) is 4.79 Å². The van der Waals surface area contributed by atoms with Crippen LogP contribution in [0.15, 0.2) is 23.1 Å². The summed E-state index contributed by atoms with van der Waals surface area (Å²) in [6.07, 6.45) is 4.22. The molecule has 2 aliphatic rings. The Morgan fingerprint density at radius 2 is 2.04 bits per heavy atom. The first kappa shape index (κ1) is 17.5. The summed E-state index contributed by atoms with van der Waals surface area (Å²) in [5.74, 6) is 0.00589. The van der Waals surface area contributed by atoms with Crippen molar-refractivity contribution in [2.24, 2.45) is 11.7 Å². The van der Waals surface area contributed by atoms with Crippen LogP contribution in [0.1, 0.15) is 32.1 Å². The quantitative estimate of drug-likeness (QED) is 0.876. The molecule has 1 saturated heterocycles. The highest BCUT2D eigenvalue weighted by Gasteiger charge is 2.50. The van der Waals surface area contributed by atoms with Gasteiger partial charge in [0.25, 0.3) is 0 Å². The highest BCUT2D eigenvalue weighted by Crippen LogP contribution is 2.43. The maximum Gasteiger partial charge on any atom is 0.244 e. The Balaban J connectivity index is 2.02. The fraction of sp³-hybridized carbons (Fsp3) is 0.562. The van der Waals surface area contributed by atoms with Crippen LogP contribution in [0.5, 0.6) is 5.75 Å². The van der Waals surface area contributed by atoms with Crippen LogP contribution < -0.4 is 10.5 Å². The molecule has 0 unspecified atom stereocenters. The van der Waals surface area contributed by atoms with E-state index in [0.29, 0.717) is 12.2 Å². The standard InChI is InChI=1S/C16H21ClN2O4S/c1-23-15-7-6-11(9-12(15)17)24(21,22)19-13-5-3-2-4-10(13)8-14(19)16(18)20/h6-7,9-10,13-14H,2-5,8H2,1H3,(H2,18,20)/t10-,13-,14-/m0/s1. The molecule has 1 heterocycles. The van der Waals surface area contributed by atoms with E-state index in [1.807, 2.05) is 0 Å². The summed E-state index contributed by atoms with van der Waals surface area (Å²) in [6, 6.07) is 3.38. The van der Waals surface area contributed by atoms with Crippen molar-refractivity contribution in [2.75, 3.05) is 7.11 Å². The van der Waals surface area contributed by atoms with Crippen LogP contribution in [0, 0.1) is 5.92 Å². The molecule has 3 atom stereocenters. The molecular weight excluding hydrogens is 352 g/mol. The van der Waals surface area contributed by atoms with E-state index in [9.17, 15) is 13.2 Å². The lowest BCUT2D eigenvalue weighted by Crippen LogP contribution is -2.48. The number of halogens is 1. The SMILES string of the molecule is COc1ccc(S(=O)(=O)N2[C@H](C(N)=O)C[C@@H]3CCCC[C@@H]32)cc1Cl. The van der Waals surface area contributed by atoms with Gasteiger partial charge in [-0.05, 0) is 43.4 Å². The number of sulfonamides is 1. The van der Waals surface area contributed by atoms with Gasteiger partial charge in [-0.1, -0.05) is 24.4 Å². The molecule has 1 aliphatic heterocycles. The average Bonchev–Trinajstić information content (AvgIpc) is 2.95. The first-order valence-corrected chi connectivity index (χ1v) is 9.84. The van der Waals surface area contributed by atoms with Gasteiger partial charge >= 0.3 is 0 Å². The van der Waals surface area contributed by atoms with Crippen LogP contribution in [0.4, 0.5) is 0 Å². The van der Waals surface area contributed by atoms with Crippen LogP contribution in [0.2, 0.25) is 5.02 Å². The third kappa shape index (κ3) is 2.89. The molecule has 1 amide bonds. The number of hydrogen-bond donors (Lipinski definition) is 1. The van der Waals surface area contributed by atoms with Gasteiger partial charge < -0.3 is 10.5 Å². The average molecular weight is 373 g/mol. The summed E-state index contributed by atoms with van der Waals surface area (Å²) in [5, 5.41) is 0.216. The maximum absolute atomic E-state index is 13.2. The van der Waals surface area contributed by atoms with Crippen LogP contribution in [-0.4, -0.2) is 37.8 Å². The van der Waals surface area contributed by atoms with Crippen molar-refractivity contribution >= 4 is 27.5 Å². The number of fused-ring (bicyclic) bond motifs is 1. The van der Waals surface area contributed by atoms with Gasteiger partial charge in [-0.25, -0.2) is 8.42 Å². The van der Waals surface area contributed by atoms with E-state index < -0.39 is 22.0 Å². The number of rotatable bonds is 4. The van der Waals surface area contributed by atoms with Crippen LogP contribution in [0.3, 0.4) is 0 Å². The van der Waals surface area contributed by atoms with Crippen LogP contribution in [-0.2, 0) is 14.8 Å². The van der Waals surface area contributed by atoms with E-state index in [-0.39, 0.29) is 21.9 Å². The van der Waals surface area contributed by atoms with E-state index in [1.165, 1.54) is 29.6 Å². The molecule has 1 aliphatic carbocycles. The fourth-order valence-corrected chi connectivity index (χ4v) is 6.17. The van der Waals surface area contributed by atoms with Crippen molar-refractivity contribution in [3.05, 3.63) is 23.2 Å². The Morgan fingerprint density at radius 3 is 2.67 bits per heavy atom. The molecule has 1 aromatic carbocycles. The van der Waals surface area contributed by atoms with Crippen molar-refractivity contribution in [3.63, 3.8) is 0 Å². The molecule has 1 saturated carbocycles. The first-order chi connectivity index (χ1) is 11.4. The van der Waals surface area contributed by atoms with Gasteiger partial charge in [0.05, 0.1) is 17.0 Å². The molecule has 0 radical (unpaired) electrons. The summed E-state index contributed by atoms with van der Waals surface area (Å²) < 4.78 is 32.7. The van der Waals surface area contributed by atoms with Crippen molar-refractivity contribution in [2.45, 2.75) is 49.1 Å². The monoisotopic (exact) mass is 372 g/mol. The van der Waals surface area contributed by atoms with Gasteiger partial charge in [0.1, 0.15) is 11.8 Å². The Labute approximate surface area is 147 Å². The van der Waals surface area contributed by atoms with Gasteiger partial charge in [-0.15, -0.1) is 0 Å². The van der Waals surface area contributed by atoms with Crippen molar-refractivity contribution in [1.82, 2.24) is 4.31 Å². The molecule has 6 nitrogen and oxygen atoms in total. The number of methoxy groups -OCH3 is 1. The number of carbonyl (C=O) groups excluding carboxylic acids is 1. The number of carbonyl (C=O) groups is 1. The highest BCUT2D eigenvalue weighted by molar-refractivity contribution is 7.89. The third-order valence-corrected chi connectivity index (χ3v) is 7.28. The number of amides is 1. The van der Waals surface area contributed by atoms with Gasteiger partial charge in [0, 0.05) is 6.04 Å². The minimum Gasteiger partial charge on any atom is -0.495 e. The number of hydrogen-bond acceptors (Lipinski definition) is 4. The molecule has 132 valence electrons. The van der Waals surface area contributed by atoms with E-state index >= 15 is 0 Å². The lowest BCUT2D eigenvalue weighted by molar-refractivity contribution is -0.121. The molecule has 0 aromatic heterocycles. The molecule has 24 heavy (non-hydrogen) atoms. The minimum absolute atomic E-state index is 0.0609. The number of primary amides is 1. The largest absolute Gasteiger partial charge is 0.495 e. The Morgan fingerprint density at radius 1 is 1.33 bits per heavy atom. The fourth-order valence-electron chi connectivity index (χ4n) is 3.94. The third-order valence-electron chi connectivity index (χ3n) is 5.06. The van der Waals surface area contributed by atoms with Crippen molar-refractivity contribution < 1.29 is 17.9 Å². The number of nitrogens with two attached hydrogens (primary N) is 1. The van der Waals surface area contributed by atoms with E-state index in [0.717, 1.165) is 25.7 Å². The van der Waals surface area contributed by atoms with Crippen LogP contribution in [0.25, 0.3) is 0 Å². The lowest BCUT2D eigenvalue weighted by atomic mass is 9.85. The lowest BCUT2D eigenvalue weighted by Gasteiger charge is -2.32. The van der Waals surface area contributed by atoms with Crippen LogP contribution >= 0.6 is 11.6 Å². The molecule has 0 spiro atoms. The summed E-state index contributed by atoms with van der Waals surface area (Å²) in [7, 11) is -2.39. The topological polar surface area (TPSA) is 89.7 Å². The second kappa shape index (κ2) is 6.54. The van der Waals surface area contributed by atoms with E-state index in [4.69, 9.17) is 22.1 Å². The number of benzene rings is 1. The normalized spacial score (nSPS) is 27.7. The number of nitrogens with zero attached hydrogens (tertiary/aromatic N) is 1. The Hall–Kier alpha value is -1.31. The number of ether oxygens (including phenoxy) is 1. The molecule has 1 aromatic rings. The van der Waals surface area contributed by atoms with E-state index in [2.05, 4.69) is 0 Å². The Bertz CT molecular complexity index is 752. The molecule has 0 bridgehead atoms. The highest BCUT2D eigenvalue weighted by atomic mass is 35.5.